The maximum Gasteiger partial charge on any atom is 0.230 e. The van der Waals surface area contributed by atoms with E-state index in [0.717, 1.165) is 40.8 Å². The van der Waals surface area contributed by atoms with Crippen LogP contribution in [0, 0.1) is 6.92 Å². The van der Waals surface area contributed by atoms with E-state index >= 15 is 0 Å². The summed E-state index contributed by atoms with van der Waals surface area (Å²) in [5, 5.41) is 15.2. The minimum Gasteiger partial charge on any atom is -0.492 e. The van der Waals surface area contributed by atoms with E-state index in [1.54, 1.807) is 0 Å². The lowest BCUT2D eigenvalue weighted by Crippen LogP contribution is -2.46. The molecule has 0 unspecified atom stereocenters. The zero-order valence-electron chi connectivity index (χ0n) is 15.5. The van der Waals surface area contributed by atoms with Gasteiger partial charge in [-0.1, -0.05) is 39.4 Å². The summed E-state index contributed by atoms with van der Waals surface area (Å²) in [6.07, 6.45) is 1.64. The molecule has 9 heteroatoms. The van der Waals surface area contributed by atoms with Crippen molar-refractivity contribution in [3.63, 3.8) is 0 Å². The van der Waals surface area contributed by atoms with Gasteiger partial charge in [-0.05, 0) is 24.6 Å². The second-order valence-electron chi connectivity index (χ2n) is 7.24. The fourth-order valence-corrected chi connectivity index (χ4v) is 5.53. The summed E-state index contributed by atoms with van der Waals surface area (Å²) in [5.41, 5.74) is 1.13. The first-order valence-electron chi connectivity index (χ1n) is 9.37. The molecule has 1 spiro atoms. The number of aryl methyl sites for hydroxylation is 1. The summed E-state index contributed by atoms with van der Waals surface area (Å²) in [5.74, 6) is 0.400. The lowest BCUT2D eigenvalue weighted by Gasteiger charge is -2.41. The summed E-state index contributed by atoms with van der Waals surface area (Å²) in [7, 11) is 0. The molecule has 0 bridgehead atoms. The van der Waals surface area contributed by atoms with E-state index in [4.69, 9.17) is 9.47 Å². The van der Waals surface area contributed by atoms with Gasteiger partial charge >= 0.3 is 0 Å². The summed E-state index contributed by atoms with van der Waals surface area (Å²) in [4.78, 5) is 8.39. The van der Waals surface area contributed by atoms with Gasteiger partial charge in [-0.15, -0.1) is 5.10 Å². The molecule has 148 valence electrons. The average Bonchev–Trinajstić information content (AvgIpc) is 3.37. The van der Waals surface area contributed by atoms with E-state index < -0.39 is 5.79 Å². The third kappa shape index (κ3) is 3.15. The van der Waals surface area contributed by atoms with Crippen LogP contribution < -0.4 is 0 Å². The molecule has 4 heterocycles. The van der Waals surface area contributed by atoms with E-state index in [0.29, 0.717) is 24.0 Å². The quantitative estimate of drug-likeness (QED) is 0.639. The number of likely N-dealkylation sites (tertiary alicyclic amines) is 1. The molecule has 5 rings (SSSR count). The molecule has 1 atom stereocenters. The van der Waals surface area contributed by atoms with Crippen molar-refractivity contribution in [3.05, 3.63) is 45.0 Å². The molecule has 2 aliphatic heterocycles. The van der Waals surface area contributed by atoms with Crippen LogP contribution in [-0.4, -0.2) is 56.7 Å². The molecule has 2 aromatic heterocycles. The first kappa shape index (κ1) is 18.5. The molecule has 0 aliphatic carbocycles. The van der Waals surface area contributed by atoms with E-state index in [1.807, 2.05) is 19.1 Å². The highest BCUT2D eigenvalue weighted by atomic mass is 79.9. The van der Waals surface area contributed by atoms with Crippen LogP contribution in [0.25, 0.3) is 4.96 Å². The molecular formula is C19H21BrN4O3S. The van der Waals surface area contributed by atoms with Crippen molar-refractivity contribution in [1.82, 2.24) is 19.5 Å². The Bertz CT molecular complexity index is 987. The molecule has 1 N–H and O–H groups in total. The van der Waals surface area contributed by atoms with Gasteiger partial charge in [0.2, 0.25) is 10.8 Å². The van der Waals surface area contributed by atoms with Crippen LogP contribution in [0.5, 0.6) is 5.88 Å². The van der Waals surface area contributed by atoms with Crippen LogP contribution >= 0.6 is 27.3 Å². The zero-order valence-corrected chi connectivity index (χ0v) is 17.9. The Kier molecular flexibility index (Phi) is 4.67. The van der Waals surface area contributed by atoms with Gasteiger partial charge in [0.1, 0.15) is 5.82 Å². The maximum atomic E-state index is 10.9. The van der Waals surface area contributed by atoms with Gasteiger partial charge in [-0.25, -0.2) is 4.98 Å². The number of ether oxygens (including phenoxy) is 2. The third-order valence-corrected chi connectivity index (χ3v) is 7.08. The Hall–Kier alpha value is -1.52. The smallest absolute Gasteiger partial charge is 0.230 e. The molecule has 2 aliphatic rings. The van der Waals surface area contributed by atoms with Gasteiger partial charge in [-0.2, -0.15) is 4.52 Å². The molecule has 0 radical (unpaired) electrons. The van der Waals surface area contributed by atoms with Gasteiger partial charge < -0.3 is 14.6 Å². The Labute approximate surface area is 175 Å². The zero-order chi connectivity index (χ0) is 19.3. The lowest BCUT2D eigenvalue weighted by molar-refractivity contribution is -0.187. The Morgan fingerprint density at radius 1 is 1.18 bits per heavy atom. The van der Waals surface area contributed by atoms with E-state index in [2.05, 4.69) is 43.0 Å². The van der Waals surface area contributed by atoms with E-state index in [-0.39, 0.29) is 11.9 Å². The van der Waals surface area contributed by atoms with Crippen LogP contribution in [-0.2, 0) is 9.47 Å². The number of fused-ring (bicyclic) bond motifs is 1. The van der Waals surface area contributed by atoms with Crippen LogP contribution in [0.2, 0.25) is 0 Å². The van der Waals surface area contributed by atoms with Crippen molar-refractivity contribution >= 4 is 32.2 Å². The number of aromatic nitrogens is 3. The van der Waals surface area contributed by atoms with Crippen molar-refractivity contribution in [2.45, 2.75) is 31.6 Å². The highest BCUT2D eigenvalue weighted by Crippen LogP contribution is 2.43. The summed E-state index contributed by atoms with van der Waals surface area (Å²) in [6.45, 7) is 4.82. The number of aromatic hydroxyl groups is 1. The van der Waals surface area contributed by atoms with Crippen molar-refractivity contribution in [2.24, 2.45) is 0 Å². The third-order valence-electron chi connectivity index (χ3n) is 5.48. The van der Waals surface area contributed by atoms with Crippen LogP contribution in [0.1, 0.15) is 35.1 Å². The number of halogens is 1. The summed E-state index contributed by atoms with van der Waals surface area (Å²) >= 11 is 5.01. The number of hydrogen-bond donors (Lipinski definition) is 1. The van der Waals surface area contributed by atoms with Crippen molar-refractivity contribution in [1.29, 1.82) is 0 Å². The highest BCUT2D eigenvalue weighted by Gasteiger charge is 2.42. The minimum atomic E-state index is -0.425. The van der Waals surface area contributed by atoms with Gasteiger partial charge in [0.25, 0.3) is 0 Å². The minimum absolute atomic E-state index is 0.0688. The first-order chi connectivity index (χ1) is 13.5. The Balaban J connectivity index is 1.52. The average molecular weight is 465 g/mol. The largest absolute Gasteiger partial charge is 0.492 e. The Morgan fingerprint density at radius 2 is 1.86 bits per heavy atom. The molecule has 0 amide bonds. The Morgan fingerprint density at radius 3 is 2.50 bits per heavy atom. The second-order valence-corrected chi connectivity index (χ2v) is 9.17. The van der Waals surface area contributed by atoms with Crippen LogP contribution in [0.4, 0.5) is 0 Å². The summed E-state index contributed by atoms with van der Waals surface area (Å²) < 4.78 is 14.3. The number of rotatable bonds is 3. The molecule has 1 aromatic carbocycles. The monoisotopic (exact) mass is 464 g/mol. The van der Waals surface area contributed by atoms with E-state index in [1.165, 1.54) is 15.9 Å². The van der Waals surface area contributed by atoms with Gasteiger partial charge in [0, 0.05) is 30.4 Å². The standard InChI is InChI=1S/C19H21BrN4O3S/c1-12-21-18-24(22-12)17(25)16(28-18)15(13-2-4-14(20)5-3-13)23-8-6-19(7-9-23)26-10-11-27-19/h2-5,15,25H,6-11H2,1H3/t15-/m0/s1. The number of benzene rings is 1. The van der Waals surface area contributed by atoms with Crippen LogP contribution in [0.15, 0.2) is 28.7 Å². The molecule has 0 saturated carbocycles. The van der Waals surface area contributed by atoms with Crippen molar-refractivity contribution in [3.8, 4) is 5.88 Å². The highest BCUT2D eigenvalue weighted by molar-refractivity contribution is 9.10. The summed E-state index contributed by atoms with van der Waals surface area (Å²) in [6, 6.07) is 8.20. The molecule has 2 saturated heterocycles. The van der Waals surface area contributed by atoms with Gasteiger partial charge in [-0.3, -0.25) is 4.90 Å². The fourth-order valence-electron chi connectivity index (χ4n) is 4.11. The molecular weight excluding hydrogens is 444 g/mol. The topological polar surface area (TPSA) is 72.1 Å². The maximum absolute atomic E-state index is 10.9. The SMILES string of the molecule is Cc1nc2sc([C@H](c3ccc(Br)cc3)N3CCC4(CC3)OCCO4)c(O)n2n1. The predicted octanol–water partition coefficient (Wildman–Crippen LogP) is 3.50. The number of hydrogen-bond acceptors (Lipinski definition) is 7. The number of nitrogens with zero attached hydrogens (tertiary/aromatic N) is 4. The fraction of sp³-hybridized carbons (Fsp3) is 0.474. The lowest BCUT2D eigenvalue weighted by atomic mass is 9.97. The molecule has 3 aromatic rings. The number of thiazole rings is 1. The van der Waals surface area contributed by atoms with Crippen LogP contribution in [0.3, 0.4) is 0 Å². The first-order valence-corrected chi connectivity index (χ1v) is 11.0. The van der Waals surface area contributed by atoms with Gasteiger partial charge in [0.05, 0.1) is 24.1 Å². The number of piperidine rings is 1. The van der Waals surface area contributed by atoms with Crippen molar-refractivity contribution in [2.75, 3.05) is 26.3 Å². The normalized spacial score (nSPS) is 20.9. The predicted molar refractivity (Wildman–Crippen MR) is 109 cm³/mol. The van der Waals surface area contributed by atoms with Gasteiger partial charge in [0.15, 0.2) is 5.79 Å². The van der Waals surface area contributed by atoms with Crippen molar-refractivity contribution < 1.29 is 14.6 Å². The molecule has 28 heavy (non-hydrogen) atoms. The second kappa shape index (κ2) is 7.07. The van der Waals surface area contributed by atoms with E-state index in [9.17, 15) is 5.11 Å². The molecule has 7 nitrogen and oxygen atoms in total. The molecule has 2 fully saturated rings.